The highest BCUT2D eigenvalue weighted by Crippen LogP contribution is 1.92. The summed E-state index contributed by atoms with van der Waals surface area (Å²) in [5.74, 6) is -0.363. The number of carbonyl (C=O) groups is 1. The Hall–Kier alpha value is -0.620. The lowest BCUT2D eigenvalue weighted by Gasteiger charge is -2.15. The normalized spacial score (nSPS) is 16.0. The van der Waals surface area contributed by atoms with Crippen LogP contribution in [0.2, 0.25) is 0 Å². The third kappa shape index (κ3) is 5.93. The second-order valence-corrected chi connectivity index (χ2v) is 5.70. The Morgan fingerprint density at radius 2 is 2.00 bits per heavy atom. The van der Waals surface area contributed by atoms with Gasteiger partial charge in [-0.15, -0.1) is 0 Å². The molecule has 2 atom stereocenters. The molecule has 0 heterocycles. The molecule has 84 valence electrons. The van der Waals surface area contributed by atoms with Gasteiger partial charge >= 0.3 is 0 Å². The summed E-state index contributed by atoms with van der Waals surface area (Å²) in [7, 11) is -3.06. The lowest BCUT2D eigenvalue weighted by molar-refractivity contribution is -0.122. The summed E-state index contributed by atoms with van der Waals surface area (Å²) in [6.07, 6.45) is 1.67. The molecule has 0 aromatic heterocycles. The number of nitrogens with two attached hydrogens (primary N) is 1. The Bertz CT molecular complexity index is 287. The van der Waals surface area contributed by atoms with Crippen molar-refractivity contribution >= 4 is 15.7 Å². The summed E-state index contributed by atoms with van der Waals surface area (Å²) in [5, 5.41) is 2.54. The van der Waals surface area contributed by atoms with Crippen LogP contribution in [0.1, 0.15) is 20.3 Å². The van der Waals surface area contributed by atoms with E-state index in [0.29, 0.717) is 6.42 Å². The SMILES string of the molecule is CC[C@@H](N)C(=O)NC(C)CS(C)(=O)=O. The van der Waals surface area contributed by atoms with Crippen LogP contribution in [0.3, 0.4) is 0 Å². The molecule has 0 aromatic carbocycles. The van der Waals surface area contributed by atoms with Crippen molar-refractivity contribution in [2.75, 3.05) is 12.0 Å². The molecule has 0 saturated carbocycles. The number of rotatable bonds is 5. The fourth-order valence-corrected chi connectivity index (χ4v) is 2.02. The fourth-order valence-electron chi connectivity index (χ4n) is 1.03. The Morgan fingerprint density at radius 3 is 2.36 bits per heavy atom. The highest BCUT2D eigenvalue weighted by atomic mass is 32.2. The second kappa shape index (κ2) is 5.31. The topological polar surface area (TPSA) is 89.3 Å². The van der Waals surface area contributed by atoms with E-state index in [4.69, 9.17) is 5.73 Å². The summed E-state index contributed by atoms with van der Waals surface area (Å²) in [6, 6.07) is -0.952. The second-order valence-electron chi connectivity index (χ2n) is 3.52. The van der Waals surface area contributed by atoms with Crippen molar-refractivity contribution < 1.29 is 13.2 Å². The fraction of sp³-hybridized carbons (Fsp3) is 0.875. The first kappa shape index (κ1) is 13.4. The number of amides is 1. The van der Waals surface area contributed by atoms with E-state index in [0.717, 1.165) is 6.26 Å². The summed E-state index contributed by atoms with van der Waals surface area (Å²) in [6.45, 7) is 3.44. The van der Waals surface area contributed by atoms with Crippen LogP contribution in [0.5, 0.6) is 0 Å². The third-order valence-electron chi connectivity index (χ3n) is 1.72. The maximum absolute atomic E-state index is 11.2. The van der Waals surface area contributed by atoms with E-state index in [9.17, 15) is 13.2 Å². The lowest BCUT2D eigenvalue weighted by Crippen LogP contribution is -2.46. The number of sulfone groups is 1. The molecule has 0 aliphatic rings. The minimum Gasteiger partial charge on any atom is -0.351 e. The first-order valence-electron chi connectivity index (χ1n) is 4.50. The van der Waals surface area contributed by atoms with Gasteiger partial charge in [-0.2, -0.15) is 0 Å². The molecular formula is C8H18N2O3S. The average Bonchev–Trinajstić information content (AvgIpc) is 1.99. The Morgan fingerprint density at radius 1 is 1.50 bits per heavy atom. The molecule has 0 radical (unpaired) electrons. The van der Waals surface area contributed by atoms with Gasteiger partial charge < -0.3 is 11.1 Å². The van der Waals surface area contributed by atoms with Gasteiger partial charge in [-0.25, -0.2) is 8.42 Å². The highest BCUT2D eigenvalue weighted by molar-refractivity contribution is 7.90. The number of carbonyl (C=O) groups excluding carboxylic acids is 1. The highest BCUT2D eigenvalue weighted by Gasteiger charge is 2.16. The maximum atomic E-state index is 11.2. The van der Waals surface area contributed by atoms with Crippen molar-refractivity contribution in [3.8, 4) is 0 Å². The van der Waals surface area contributed by atoms with Gasteiger partial charge in [0.25, 0.3) is 0 Å². The summed E-state index contributed by atoms with van der Waals surface area (Å²) < 4.78 is 21.8. The zero-order valence-electron chi connectivity index (χ0n) is 8.78. The maximum Gasteiger partial charge on any atom is 0.237 e. The van der Waals surface area contributed by atoms with Crippen molar-refractivity contribution in [2.24, 2.45) is 5.73 Å². The van der Waals surface area contributed by atoms with Crippen molar-refractivity contribution in [1.29, 1.82) is 0 Å². The molecule has 0 fully saturated rings. The number of nitrogens with one attached hydrogen (secondary N) is 1. The van der Waals surface area contributed by atoms with Gasteiger partial charge in [0.05, 0.1) is 11.8 Å². The van der Waals surface area contributed by atoms with Gasteiger partial charge in [0.15, 0.2) is 0 Å². The van der Waals surface area contributed by atoms with Gasteiger partial charge in [0.1, 0.15) is 9.84 Å². The van der Waals surface area contributed by atoms with Crippen molar-refractivity contribution in [3.63, 3.8) is 0 Å². The molecule has 6 heteroatoms. The molecule has 1 unspecified atom stereocenters. The molecule has 5 nitrogen and oxygen atoms in total. The molecule has 14 heavy (non-hydrogen) atoms. The van der Waals surface area contributed by atoms with Crippen molar-refractivity contribution in [1.82, 2.24) is 5.32 Å². The third-order valence-corrected chi connectivity index (χ3v) is 2.82. The molecule has 3 N–H and O–H groups in total. The zero-order valence-corrected chi connectivity index (χ0v) is 9.60. The van der Waals surface area contributed by atoms with Crippen LogP contribution >= 0.6 is 0 Å². The van der Waals surface area contributed by atoms with Crippen LogP contribution in [-0.4, -0.2) is 38.4 Å². The van der Waals surface area contributed by atoms with Crippen molar-refractivity contribution in [3.05, 3.63) is 0 Å². The predicted molar refractivity (Wildman–Crippen MR) is 55.6 cm³/mol. The molecule has 0 bridgehead atoms. The van der Waals surface area contributed by atoms with Gasteiger partial charge in [0.2, 0.25) is 5.91 Å². The lowest BCUT2D eigenvalue weighted by atomic mass is 10.2. The molecule has 1 amide bonds. The summed E-state index contributed by atoms with van der Waals surface area (Å²) in [5.41, 5.74) is 5.47. The van der Waals surface area contributed by atoms with Crippen LogP contribution in [-0.2, 0) is 14.6 Å². The standard InChI is InChI=1S/C8H18N2O3S/c1-4-7(9)8(11)10-6(2)5-14(3,12)13/h6-7H,4-5,9H2,1-3H3,(H,10,11)/t6?,7-/m1/s1. The largest absolute Gasteiger partial charge is 0.351 e. The predicted octanol–water partition coefficient (Wildman–Crippen LogP) is -0.727. The molecule has 0 rings (SSSR count). The summed E-state index contributed by atoms with van der Waals surface area (Å²) >= 11 is 0. The quantitative estimate of drug-likeness (QED) is 0.642. The Balaban J connectivity index is 4.07. The molecule has 0 aromatic rings. The number of hydrogen-bond acceptors (Lipinski definition) is 4. The Labute approximate surface area is 85.0 Å². The Kier molecular flexibility index (Phi) is 5.07. The minimum atomic E-state index is -3.06. The van der Waals surface area contributed by atoms with Gasteiger partial charge in [0, 0.05) is 12.3 Å². The van der Waals surface area contributed by atoms with Gasteiger partial charge in [-0.3, -0.25) is 4.79 Å². The molecule has 0 aliphatic heterocycles. The zero-order chi connectivity index (χ0) is 11.4. The summed E-state index contributed by atoms with van der Waals surface area (Å²) in [4.78, 5) is 11.2. The van der Waals surface area contributed by atoms with E-state index >= 15 is 0 Å². The first-order chi connectivity index (χ1) is 6.26. The van der Waals surface area contributed by atoms with Crippen LogP contribution in [0.4, 0.5) is 0 Å². The molecule has 0 saturated heterocycles. The number of hydrogen-bond donors (Lipinski definition) is 2. The van der Waals surface area contributed by atoms with Crippen LogP contribution < -0.4 is 11.1 Å². The van der Waals surface area contributed by atoms with E-state index in [2.05, 4.69) is 5.32 Å². The first-order valence-corrected chi connectivity index (χ1v) is 6.56. The molecule has 0 spiro atoms. The molecular weight excluding hydrogens is 204 g/mol. The van der Waals surface area contributed by atoms with Crippen LogP contribution in [0.15, 0.2) is 0 Å². The van der Waals surface area contributed by atoms with Crippen LogP contribution in [0, 0.1) is 0 Å². The van der Waals surface area contributed by atoms with Gasteiger partial charge in [-0.1, -0.05) is 6.92 Å². The van der Waals surface area contributed by atoms with E-state index in [1.165, 1.54) is 0 Å². The van der Waals surface area contributed by atoms with E-state index in [1.54, 1.807) is 13.8 Å². The van der Waals surface area contributed by atoms with E-state index in [1.807, 2.05) is 0 Å². The van der Waals surface area contributed by atoms with Gasteiger partial charge in [-0.05, 0) is 13.3 Å². The van der Waals surface area contributed by atoms with E-state index < -0.39 is 21.9 Å². The average molecular weight is 222 g/mol. The van der Waals surface area contributed by atoms with Crippen LogP contribution in [0.25, 0.3) is 0 Å². The van der Waals surface area contributed by atoms with Crippen molar-refractivity contribution in [2.45, 2.75) is 32.4 Å². The van der Waals surface area contributed by atoms with E-state index in [-0.39, 0.29) is 11.7 Å². The minimum absolute atomic E-state index is 0.0603. The smallest absolute Gasteiger partial charge is 0.237 e. The molecule has 0 aliphatic carbocycles. The monoisotopic (exact) mass is 222 g/mol.